The number of amides is 2. The molecule has 0 atom stereocenters. The molecule has 1 aliphatic carbocycles. The van der Waals surface area contributed by atoms with Gasteiger partial charge in [0.05, 0.1) is 11.8 Å². The third-order valence-electron chi connectivity index (χ3n) is 8.49. The lowest BCUT2D eigenvalue weighted by Crippen LogP contribution is -2.47. The maximum absolute atomic E-state index is 14.3. The van der Waals surface area contributed by atoms with E-state index in [1.54, 1.807) is 11.1 Å². The molecule has 2 heterocycles. The number of halogens is 1. The minimum absolute atomic E-state index is 0.0586. The Morgan fingerprint density at radius 3 is 2.31 bits per heavy atom. The molecule has 2 aliphatic rings. The van der Waals surface area contributed by atoms with Crippen molar-refractivity contribution in [3.8, 4) is 11.5 Å². The van der Waals surface area contributed by atoms with E-state index in [1.807, 2.05) is 48.5 Å². The summed E-state index contributed by atoms with van der Waals surface area (Å²) in [5.74, 6) is 1.25. The number of anilines is 1. The fraction of sp³-hybridized carbons (Fsp3) is 0.647. The molecule has 4 rings (SSSR count). The molecule has 1 saturated carbocycles. The van der Waals surface area contributed by atoms with Crippen LogP contribution < -0.4 is 15.0 Å². The summed E-state index contributed by atoms with van der Waals surface area (Å²) in [7, 11) is 0. The first-order valence-electron chi connectivity index (χ1n) is 16.4. The second-order valence-electron chi connectivity index (χ2n) is 13.8. The van der Waals surface area contributed by atoms with Crippen molar-refractivity contribution in [1.82, 2.24) is 25.1 Å². The molecule has 2 aromatic rings. The maximum atomic E-state index is 14.3. The van der Waals surface area contributed by atoms with Gasteiger partial charge in [-0.05, 0) is 111 Å². The van der Waals surface area contributed by atoms with Crippen molar-refractivity contribution in [1.29, 1.82) is 0 Å². The minimum Gasteiger partial charge on any atom is -0.451 e. The molecule has 1 aromatic heterocycles. The van der Waals surface area contributed by atoms with Gasteiger partial charge in [-0.15, -0.1) is 0 Å². The molecule has 0 bridgehead atoms. The fourth-order valence-electron chi connectivity index (χ4n) is 6.32. The van der Waals surface area contributed by atoms with Crippen molar-refractivity contribution < 1.29 is 23.5 Å². The number of hydrogen-bond donors (Lipinski definition) is 1. The molecule has 0 spiro atoms. The summed E-state index contributed by atoms with van der Waals surface area (Å²) in [6, 6.07) is 4.11. The average molecular weight is 627 g/mol. The van der Waals surface area contributed by atoms with Gasteiger partial charge in [-0.25, -0.2) is 19.2 Å². The molecule has 10 nitrogen and oxygen atoms in total. The fourth-order valence-corrected chi connectivity index (χ4v) is 6.32. The number of carbonyl (C=O) groups is 2. The van der Waals surface area contributed by atoms with E-state index in [1.165, 1.54) is 24.5 Å². The van der Waals surface area contributed by atoms with Crippen molar-refractivity contribution in [3.63, 3.8) is 0 Å². The Morgan fingerprint density at radius 1 is 1.02 bits per heavy atom. The SMILES string of the molecule is CC(C)N(C(=O)c1cc(F)ccc1Oc1cncnc1N1CCN(CCC2CCC(NC(=O)OC(C)(C)C)CC2)CC1)C(C)C. The van der Waals surface area contributed by atoms with Gasteiger partial charge in [0, 0.05) is 44.3 Å². The number of hydrogen-bond acceptors (Lipinski definition) is 8. The molecular weight excluding hydrogens is 575 g/mol. The number of nitrogens with zero attached hydrogens (tertiary/aromatic N) is 5. The standard InChI is InChI=1S/C34H51FN6O4/c1-23(2)41(24(3)4)32(42)28-20-26(35)10-13-29(28)44-30-21-36-22-37-31(30)40-18-16-39(17-19-40)15-14-25-8-11-27(12-9-25)38-33(43)45-34(5,6)7/h10,13,20-25,27H,8-9,11-12,14-19H2,1-7H3,(H,38,43). The van der Waals surface area contributed by atoms with Crippen LogP contribution >= 0.6 is 0 Å². The third-order valence-corrected chi connectivity index (χ3v) is 8.49. The molecule has 0 unspecified atom stereocenters. The molecule has 11 heteroatoms. The van der Waals surface area contributed by atoms with Crippen LogP contribution in [0.5, 0.6) is 11.5 Å². The van der Waals surface area contributed by atoms with Crippen LogP contribution in [0.2, 0.25) is 0 Å². The molecule has 45 heavy (non-hydrogen) atoms. The largest absolute Gasteiger partial charge is 0.451 e. The van der Waals surface area contributed by atoms with Crippen LogP contribution in [0.25, 0.3) is 0 Å². The lowest BCUT2D eigenvalue weighted by atomic mass is 9.84. The molecule has 1 aromatic carbocycles. The summed E-state index contributed by atoms with van der Waals surface area (Å²) in [4.78, 5) is 40.7. The van der Waals surface area contributed by atoms with Crippen molar-refractivity contribution in [2.24, 2.45) is 5.92 Å². The minimum atomic E-state index is -0.496. The van der Waals surface area contributed by atoms with Gasteiger partial charge in [-0.3, -0.25) is 9.69 Å². The number of benzene rings is 1. The topological polar surface area (TPSA) is 100 Å². The zero-order valence-corrected chi connectivity index (χ0v) is 28.0. The monoisotopic (exact) mass is 626 g/mol. The third kappa shape index (κ3) is 9.76. The van der Waals surface area contributed by atoms with Gasteiger partial charge in [0.2, 0.25) is 0 Å². The zero-order chi connectivity index (χ0) is 32.7. The number of rotatable bonds is 10. The van der Waals surface area contributed by atoms with Gasteiger partial charge >= 0.3 is 6.09 Å². The Bertz CT molecular complexity index is 1280. The quantitative estimate of drug-likeness (QED) is 0.330. The van der Waals surface area contributed by atoms with E-state index in [4.69, 9.17) is 9.47 Å². The Morgan fingerprint density at radius 2 is 1.69 bits per heavy atom. The van der Waals surface area contributed by atoms with Crippen LogP contribution in [0.1, 0.15) is 90.9 Å². The van der Waals surface area contributed by atoms with E-state index in [9.17, 15) is 14.0 Å². The van der Waals surface area contributed by atoms with Gasteiger partial charge < -0.3 is 24.6 Å². The highest BCUT2D eigenvalue weighted by Gasteiger charge is 2.28. The van der Waals surface area contributed by atoms with Gasteiger partial charge in [0.15, 0.2) is 11.6 Å². The number of piperazine rings is 1. The van der Waals surface area contributed by atoms with Crippen LogP contribution in [0.4, 0.5) is 15.0 Å². The Hall–Kier alpha value is -3.47. The van der Waals surface area contributed by atoms with Crippen LogP contribution in [0.15, 0.2) is 30.7 Å². The highest BCUT2D eigenvalue weighted by atomic mass is 19.1. The highest BCUT2D eigenvalue weighted by molar-refractivity contribution is 5.97. The first kappa shape index (κ1) is 34.4. The second-order valence-corrected chi connectivity index (χ2v) is 13.8. The average Bonchev–Trinajstić information content (AvgIpc) is 2.97. The first-order valence-corrected chi connectivity index (χ1v) is 16.4. The van der Waals surface area contributed by atoms with Crippen molar-refractivity contribution in [2.75, 3.05) is 37.6 Å². The number of aromatic nitrogens is 2. The number of carbonyl (C=O) groups excluding carboxylic acids is 2. The van der Waals surface area contributed by atoms with E-state index in [2.05, 4.69) is 25.1 Å². The molecule has 1 N–H and O–H groups in total. The normalized spacial score (nSPS) is 19.5. The van der Waals surface area contributed by atoms with Gasteiger partial charge in [0.1, 0.15) is 23.5 Å². The number of nitrogens with one attached hydrogen (secondary N) is 1. The Labute approximate surface area is 267 Å². The molecular formula is C34H51FN6O4. The van der Waals surface area contributed by atoms with E-state index in [-0.39, 0.29) is 41.4 Å². The molecule has 2 amide bonds. The molecule has 0 radical (unpaired) electrons. The number of ether oxygens (including phenoxy) is 2. The second kappa shape index (κ2) is 15.2. The van der Waals surface area contributed by atoms with Crippen molar-refractivity contribution in [2.45, 2.75) is 104 Å². The van der Waals surface area contributed by atoms with Crippen LogP contribution in [0.3, 0.4) is 0 Å². The van der Waals surface area contributed by atoms with E-state index >= 15 is 0 Å². The number of alkyl carbamates (subject to hydrolysis) is 1. The van der Waals surface area contributed by atoms with Gasteiger partial charge in [-0.2, -0.15) is 0 Å². The summed E-state index contributed by atoms with van der Waals surface area (Å²) < 4.78 is 26.0. The summed E-state index contributed by atoms with van der Waals surface area (Å²) in [5, 5.41) is 3.03. The Kier molecular flexibility index (Phi) is 11.6. The smallest absolute Gasteiger partial charge is 0.407 e. The van der Waals surface area contributed by atoms with Crippen LogP contribution in [-0.2, 0) is 4.74 Å². The molecule has 1 saturated heterocycles. The lowest BCUT2D eigenvalue weighted by Gasteiger charge is -2.37. The van der Waals surface area contributed by atoms with Crippen molar-refractivity contribution in [3.05, 3.63) is 42.1 Å². The zero-order valence-electron chi connectivity index (χ0n) is 28.0. The summed E-state index contributed by atoms with van der Waals surface area (Å²) in [5.41, 5.74) is -0.310. The lowest BCUT2D eigenvalue weighted by molar-refractivity contribution is 0.0485. The van der Waals surface area contributed by atoms with Crippen molar-refractivity contribution >= 4 is 17.8 Å². The Balaban J connectivity index is 1.30. The molecule has 2 fully saturated rings. The molecule has 1 aliphatic heterocycles. The predicted molar refractivity (Wildman–Crippen MR) is 173 cm³/mol. The van der Waals surface area contributed by atoms with E-state index in [0.29, 0.717) is 17.5 Å². The molecule has 248 valence electrons. The summed E-state index contributed by atoms with van der Waals surface area (Å²) >= 11 is 0. The highest BCUT2D eigenvalue weighted by Crippen LogP contribution is 2.34. The van der Waals surface area contributed by atoms with E-state index < -0.39 is 11.4 Å². The van der Waals surface area contributed by atoms with Gasteiger partial charge in [-0.1, -0.05) is 0 Å². The maximum Gasteiger partial charge on any atom is 0.407 e. The van der Waals surface area contributed by atoms with Gasteiger partial charge in [0.25, 0.3) is 5.91 Å². The van der Waals surface area contributed by atoms with E-state index in [0.717, 1.165) is 64.8 Å². The summed E-state index contributed by atoms with van der Waals surface area (Å²) in [6.07, 6.45) is 8.12. The van der Waals surface area contributed by atoms with Crippen LogP contribution in [0, 0.1) is 11.7 Å². The summed E-state index contributed by atoms with van der Waals surface area (Å²) in [6.45, 7) is 17.8. The predicted octanol–water partition coefficient (Wildman–Crippen LogP) is 6.26. The van der Waals surface area contributed by atoms with Crippen LogP contribution in [-0.4, -0.2) is 88.2 Å². The first-order chi connectivity index (χ1) is 21.3.